The molecular formula is C14H13ClN4O3S2. The summed E-state index contributed by atoms with van der Waals surface area (Å²) >= 11 is 6.87. The Kier molecular flexibility index (Phi) is 5.01. The minimum atomic E-state index is -3.60. The van der Waals surface area contributed by atoms with E-state index in [0.29, 0.717) is 23.7 Å². The van der Waals surface area contributed by atoms with Crippen LogP contribution in [0.1, 0.15) is 18.5 Å². The number of nitriles is 1. The lowest BCUT2D eigenvalue weighted by Crippen LogP contribution is -2.44. The van der Waals surface area contributed by atoms with Gasteiger partial charge in [-0.3, -0.25) is 0 Å². The number of nitrogens with zero attached hydrogens (tertiary/aromatic N) is 4. The molecule has 0 bridgehead atoms. The van der Waals surface area contributed by atoms with Gasteiger partial charge in [0.2, 0.25) is 5.69 Å². The first-order valence-corrected chi connectivity index (χ1v) is 9.77. The third-order valence-electron chi connectivity index (χ3n) is 3.53. The topological polar surface area (TPSA) is 96.2 Å². The molecule has 0 spiro atoms. The van der Waals surface area contributed by atoms with Gasteiger partial charge in [0, 0.05) is 18.9 Å². The maximum atomic E-state index is 12.7. The number of halogens is 1. The van der Waals surface area contributed by atoms with Gasteiger partial charge in [-0.2, -0.15) is 9.57 Å². The summed E-state index contributed by atoms with van der Waals surface area (Å²) in [5.41, 5.74) is 0.0857. The molecule has 3 heterocycles. The molecule has 1 atom stereocenters. The highest BCUT2D eigenvalue weighted by atomic mass is 35.5. The second kappa shape index (κ2) is 7.03. The predicted molar refractivity (Wildman–Crippen MR) is 88.5 cm³/mol. The third kappa shape index (κ3) is 3.52. The molecule has 1 aliphatic rings. The Hall–Kier alpha value is -1.73. The number of thiophene rings is 1. The fourth-order valence-electron chi connectivity index (χ4n) is 2.43. The van der Waals surface area contributed by atoms with E-state index in [-0.39, 0.29) is 28.4 Å². The highest BCUT2D eigenvalue weighted by Gasteiger charge is 2.32. The zero-order chi connectivity index (χ0) is 17.2. The SMILES string of the molecule is N#Cc1nccnc1O[C@@H]1CCCN(S(=O)(=O)c2ccc(Cl)s2)C1. The van der Waals surface area contributed by atoms with E-state index in [0.717, 1.165) is 11.3 Å². The molecule has 0 N–H and O–H groups in total. The summed E-state index contributed by atoms with van der Waals surface area (Å²) in [7, 11) is -3.60. The molecule has 2 aromatic heterocycles. The molecule has 7 nitrogen and oxygen atoms in total. The van der Waals surface area contributed by atoms with Crippen LogP contribution in [0, 0.1) is 11.3 Å². The van der Waals surface area contributed by atoms with E-state index in [9.17, 15) is 8.42 Å². The minimum absolute atomic E-state index is 0.0857. The number of aromatic nitrogens is 2. The Labute approximate surface area is 148 Å². The zero-order valence-electron chi connectivity index (χ0n) is 12.4. The molecule has 10 heteroatoms. The molecule has 0 saturated carbocycles. The van der Waals surface area contributed by atoms with Gasteiger partial charge in [0.05, 0.1) is 10.9 Å². The number of hydrogen-bond donors (Lipinski definition) is 0. The molecule has 1 aliphatic heterocycles. The standard InChI is InChI=1S/C14H13ClN4O3S2/c15-12-3-4-13(23-12)24(20,21)19-7-1-2-10(9-19)22-14-11(8-16)17-5-6-18-14/h3-6,10H,1-2,7,9H2/t10-/m1/s1. The van der Waals surface area contributed by atoms with Crippen molar-refractivity contribution in [2.45, 2.75) is 23.2 Å². The van der Waals surface area contributed by atoms with Crippen molar-refractivity contribution >= 4 is 33.0 Å². The van der Waals surface area contributed by atoms with Crippen LogP contribution >= 0.6 is 22.9 Å². The van der Waals surface area contributed by atoms with Gasteiger partial charge in [-0.05, 0) is 25.0 Å². The lowest BCUT2D eigenvalue weighted by Gasteiger charge is -2.31. The van der Waals surface area contributed by atoms with Gasteiger partial charge in [-0.25, -0.2) is 18.4 Å². The first-order chi connectivity index (χ1) is 11.5. The van der Waals surface area contributed by atoms with Crippen LogP contribution in [-0.4, -0.2) is 41.9 Å². The van der Waals surface area contributed by atoms with Crippen molar-refractivity contribution in [1.29, 1.82) is 5.26 Å². The number of hydrogen-bond acceptors (Lipinski definition) is 7. The van der Waals surface area contributed by atoms with E-state index in [1.807, 2.05) is 6.07 Å². The fourth-order valence-corrected chi connectivity index (χ4v) is 5.58. The molecule has 0 aromatic carbocycles. The lowest BCUT2D eigenvalue weighted by molar-refractivity contribution is 0.124. The van der Waals surface area contributed by atoms with Crippen molar-refractivity contribution in [2.75, 3.05) is 13.1 Å². The maximum absolute atomic E-state index is 12.7. The smallest absolute Gasteiger partial charge is 0.252 e. The van der Waals surface area contributed by atoms with Gasteiger partial charge in [-0.15, -0.1) is 11.3 Å². The summed E-state index contributed by atoms with van der Waals surface area (Å²) in [4.78, 5) is 7.89. The van der Waals surface area contributed by atoms with Crippen molar-refractivity contribution in [1.82, 2.24) is 14.3 Å². The summed E-state index contributed by atoms with van der Waals surface area (Å²) < 4.78 is 33.1. The Morgan fingerprint density at radius 1 is 1.38 bits per heavy atom. The minimum Gasteiger partial charge on any atom is -0.471 e. The Morgan fingerprint density at radius 2 is 2.17 bits per heavy atom. The van der Waals surface area contributed by atoms with Crippen molar-refractivity contribution in [3.8, 4) is 11.9 Å². The number of piperidine rings is 1. The van der Waals surface area contributed by atoms with Crippen LogP contribution in [0.3, 0.4) is 0 Å². The van der Waals surface area contributed by atoms with E-state index >= 15 is 0 Å². The molecule has 3 rings (SSSR count). The summed E-state index contributed by atoms with van der Waals surface area (Å²) in [6, 6.07) is 4.98. The number of ether oxygens (including phenoxy) is 1. The zero-order valence-corrected chi connectivity index (χ0v) is 14.8. The third-order valence-corrected chi connectivity index (χ3v) is 7.10. The Morgan fingerprint density at radius 3 is 2.88 bits per heavy atom. The number of rotatable bonds is 4. The second-order valence-corrected chi connectivity index (χ2v) is 9.01. The Bertz CT molecular complexity index is 878. The van der Waals surface area contributed by atoms with Crippen LogP contribution < -0.4 is 4.74 Å². The van der Waals surface area contributed by atoms with E-state index in [2.05, 4.69) is 9.97 Å². The van der Waals surface area contributed by atoms with Crippen LogP contribution in [0.2, 0.25) is 4.34 Å². The highest BCUT2D eigenvalue weighted by Crippen LogP contribution is 2.30. The van der Waals surface area contributed by atoms with Crippen LogP contribution in [0.15, 0.2) is 28.7 Å². The molecule has 24 heavy (non-hydrogen) atoms. The molecule has 2 aromatic rings. The van der Waals surface area contributed by atoms with Crippen LogP contribution in [0.5, 0.6) is 5.88 Å². The van der Waals surface area contributed by atoms with Gasteiger partial charge in [0.25, 0.3) is 15.9 Å². The van der Waals surface area contributed by atoms with Gasteiger partial charge in [-0.1, -0.05) is 11.6 Å². The maximum Gasteiger partial charge on any atom is 0.252 e. The molecule has 1 saturated heterocycles. The van der Waals surface area contributed by atoms with Crippen LogP contribution in [0.4, 0.5) is 0 Å². The molecular weight excluding hydrogens is 372 g/mol. The van der Waals surface area contributed by atoms with E-state index in [4.69, 9.17) is 21.6 Å². The normalized spacial score (nSPS) is 18.9. The monoisotopic (exact) mass is 384 g/mol. The summed E-state index contributed by atoms with van der Waals surface area (Å²) in [5, 5.41) is 9.03. The molecule has 0 radical (unpaired) electrons. The lowest BCUT2D eigenvalue weighted by atomic mass is 10.1. The molecule has 1 fully saturated rings. The summed E-state index contributed by atoms with van der Waals surface area (Å²) in [5.74, 6) is 0.128. The largest absolute Gasteiger partial charge is 0.471 e. The van der Waals surface area contributed by atoms with Crippen molar-refractivity contribution in [3.05, 3.63) is 34.6 Å². The summed E-state index contributed by atoms with van der Waals surface area (Å²) in [6.07, 6.45) is 3.79. The van der Waals surface area contributed by atoms with Gasteiger partial charge in [0.15, 0.2) is 0 Å². The molecule has 126 valence electrons. The Balaban J connectivity index is 1.76. The van der Waals surface area contributed by atoms with Gasteiger partial charge in [0.1, 0.15) is 16.4 Å². The first kappa shape index (κ1) is 17.1. The molecule has 0 aliphatic carbocycles. The van der Waals surface area contributed by atoms with Gasteiger partial charge < -0.3 is 4.74 Å². The van der Waals surface area contributed by atoms with E-state index < -0.39 is 10.0 Å². The van der Waals surface area contributed by atoms with E-state index in [1.165, 1.54) is 22.8 Å². The van der Waals surface area contributed by atoms with Crippen LogP contribution in [0.25, 0.3) is 0 Å². The molecule has 0 amide bonds. The predicted octanol–water partition coefficient (Wildman–Crippen LogP) is 2.30. The van der Waals surface area contributed by atoms with Crippen molar-refractivity contribution in [3.63, 3.8) is 0 Å². The van der Waals surface area contributed by atoms with Gasteiger partial charge >= 0.3 is 0 Å². The summed E-state index contributed by atoms with van der Waals surface area (Å²) in [6.45, 7) is 0.614. The average Bonchev–Trinajstić information content (AvgIpc) is 3.03. The van der Waals surface area contributed by atoms with Crippen molar-refractivity contribution in [2.24, 2.45) is 0 Å². The number of sulfonamides is 1. The second-order valence-electron chi connectivity index (χ2n) is 5.13. The van der Waals surface area contributed by atoms with E-state index in [1.54, 1.807) is 6.07 Å². The first-order valence-electron chi connectivity index (χ1n) is 7.14. The highest BCUT2D eigenvalue weighted by molar-refractivity contribution is 7.91. The molecule has 0 unspecified atom stereocenters. The quantitative estimate of drug-likeness (QED) is 0.802. The average molecular weight is 385 g/mol. The fraction of sp³-hybridized carbons (Fsp3) is 0.357. The van der Waals surface area contributed by atoms with Crippen molar-refractivity contribution < 1.29 is 13.2 Å². The van der Waals surface area contributed by atoms with Crippen LogP contribution in [-0.2, 0) is 10.0 Å².